The van der Waals surface area contributed by atoms with Gasteiger partial charge >= 0.3 is 6.03 Å². The maximum Gasteiger partial charge on any atom is 0.319 e. The van der Waals surface area contributed by atoms with Gasteiger partial charge in [0.15, 0.2) is 0 Å². The van der Waals surface area contributed by atoms with Crippen molar-refractivity contribution in [2.45, 2.75) is 46.3 Å². The highest BCUT2D eigenvalue weighted by Crippen LogP contribution is 2.13. The van der Waals surface area contributed by atoms with E-state index in [1.165, 1.54) is 0 Å². The van der Waals surface area contributed by atoms with Gasteiger partial charge in [-0.2, -0.15) is 5.10 Å². The van der Waals surface area contributed by atoms with E-state index in [2.05, 4.69) is 27.0 Å². The number of aryl methyl sites for hydroxylation is 2. The Kier molecular flexibility index (Phi) is 5.55. The van der Waals surface area contributed by atoms with Crippen LogP contribution in [-0.4, -0.2) is 34.2 Å². The van der Waals surface area contributed by atoms with Crippen molar-refractivity contribution in [3.8, 4) is 0 Å². The van der Waals surface area contributed by atoms with Gasteiger partial charge in [0.25, 0.3) is 0 Å². The van der Waals surface area contributed by atoms with Crippen molar-refractivity contribution in [2.75, 3.05) is 11.9 Å². The zero-order chi connectivity index (χ0) is 18.5. The summed E-state index contributed by atoms with van der Waals surface area (Å²) in [5.41, 5.74) is 5.06. The number of nitrogens with one attached hydrogen (secondary N) is 2. The Morgan fingerprint density at radius 2 is 2.08 bits per heavy atom. The zero-order valence-electron chi connectivity index (χ0n) is 15.5. The minimum atomic E-state index is -0.246. The maximum absolute atomic E-state index is 12.0. The molecule has 7 heteroatoms. The van der Waals surface area contributed by atoms with E-state index in [0.29, 0.717) is 13.1 Å². The third-order valence-corrected chi connectivity index (χ3v) is 4.34. The van der Waals surface area contributed by atoms with E-state index < -0.39 is 0 Å². The van der Waals surface area contributed by atoms with Crippen molar-refractivity contribution in [1.29, 1.82) is 0 Å². The highest BCUT2D eigenvalue weighted by Gasteiger charge is 2.20. The molecule has 0 saturated heterocycles. The number of benzene rings is 1. The number of aromatic nitrogens is 2. The van der Waals surface area contributed by atoms with Crippen LogP contribution in [0.15, 0.2) is 35.5 Å². The van der Waals surface area contributed by atoms with Crippen LogP contribution in [0.2, 0.25) is 0 Å². The molecule has 1 aliphatic heterocycles. The number of nitrogens with zero attached hydrogens (tertiary/aromatic N) is 3. The lowest BCUT2D eigenvalue weighted by Crippen LogP contribution is -2.35. The fraction of sp³-hybridized carbons (Fsp3) is 0.421. The van der Waals surface area contributed by atoms with Crippen molar-refractivity contribution in [3.05, 3.63) is 47.3 Å². The van der Waals surface area contributed by atoms with E-state index in [1.807, 2.05) is 49.7 Å². The van der Waals surface area contributed by atoms with Gasteiger partial charge in [0.2, 0.25) is 0 Å². The standard InChI is InChI=1S/C19H25N5O2/c1-4-16-10-18(26-23-16)11-20-19(25)21-17-7-5-15(6-8-17)12-24-14(3)9-13(2)22-24/h5-9,18H,4,10-12H2,1-3H3,(H2,20,21,25). The van der Waals surface area contributed by atoms with Crippen LogP contribution in [0.1, 0.15) is 36.7 Å². The molecule has 0 spiro atoms. The second-order valence-electron chi connectivity index (χ2n) is 6.56. The molecule has 2 N–H and O–H groups in total. The molecule has 7 nitrogen and oxygen atoms in total. The summed E-state index contributed by atoms with van der Waals surface area (Å²) in [5, 5.41) is 14.1. The molecule has 26 heavy (non-hydrogen) atoms. The number of carbonyl (C=O) groups is 1. The predicted molar refractivity (Wildman–Crippen MR) is 101 cm³/mol. The molecule has 2 heterocycles. The van der Waals surface area contributed by atoms with E-state index in [1.54, 1.807) is 0 Å². The first-order chi connectivity index (χ1) is 12.5. The summed E-state index contributed by atoms with van der Waals surface area (Å²) in [5.74, 6) is 0. The number of anilines is 1. The van der Waals surface area contributed by atoms with Gasteiger partial charge in [-0.3, -0.25) is 4.68 Å². The first-order valence-corrected chi connectivity index (χ1v) is 8.90. The van der Waals surface area contributed by atoms with Crippen molar-refractivity contribution in [3.63, 3.8) is 0 Å². The number of carbonyl (C=O) groups excluding carboxylic acids is 1. The van der Waals surface area contributed by atoms with Crippen LogP contribution < -0.4 is 10.6 Å². The van der Waals surface area contributed by atoms with Crippen LogP contribution in [0.3, 0.4) is 0 Å². The Morgan fingerprint density at radius 3 is 2.69 bits per heavy atom. The Morgan fingerprint density at radius 1 is 1.31 bits per heavy atom. The minimum Gasteiger partial charge on any atom is -0.390 e. The van der Waals surface area contributed by atoms with Crippen LogP contribution >= 0.6 is 0 Å². The lowest BCUT2D eigenvalue weighted by molar-refractivity contribution is 0.0870. The molecule has 0 saturated carbocycles. The lowest BCUT2D eigenvalue weighted by atomic mass is 10.1. The molecule has 1 aliphatic rings. The predicted octanol–water partition coefficient (Wildman–Crippen LogP) is 3.22. The van der Waals surface area contributed by atoms with E-state index >= 15 is 0 Å². The van der Waals surface area contributed by atoms with Crippen molar-refractivity contribution in [1.82, 2.24) is 15.1 Å². The number of hydrogen-bond donors (Lipinski definition) is 2. The van der Waals surface area contributed by atoms with E-state index in [9.17, 15) is 4.79 Å². The smallest absolute Gasteiger partial charge is 0.319 e. The van der Waals surface area contributed by atoms with Crippen LogP contribution in [0.4, 0.5) is 10.5 Å². The van der Waals surface area contributed by atoms with Crippen LogP contribution in [0.5, 0.6) is 0 Å². The Hall–Kier alpha value is -2.83. The summed E-state index contributed by atoms with van der Waals surface area (Å²) < 4.78 is 1.97. The van der Waals surface area contributed by atoms with Gasteiger partial charge in [0.05, 0.1) is 24.5 Å². The second kappa shape index (κ2) is 8.03. The highest BCUT2D eigenvalue weighted by atomic mass is 16.6. The molecule has 0 fully saturated rings. The molecule has 2 aromatic rings. The fourth-order valence-corrected chi connectivity index (χ4v) is 2.89. The molecular weight excluding hydrogens is 330 g/mol. The third-order valence-electron chi connectivity index (χ3n) is 4.34. The lowest BCUT2D eigenvalue weighted by Gasteiger charge is -2.11. The normalized spacial score (nSPS) is 16.1. The van der Waals surface area contributed by atoms with Gasteiger partial charge in [-0.05, 0) is 44.0 Å². The third kappa shape index (κ3) is 4.62. The van der Waals surface area contributed by atoms with E-state index in [-0.39, 0.29) is 12.1 Å². The molecule has 1 aromatic carbocycles. The first kappa shape index (κ1) is 18.0. The summed E-state index contributed by atoms with van der Waals surface area (Å²) in [7, 11) is 0. The van der Waals surface area contributed by atoms with Crippen molar-refractivity contribution >= 4 is 17.4 Å². The topological polar surface area (TPSA) is 80.5 Å². The quantitative estimate of drug-likeness (QED) is 0.835. The molecule has 0 bridgehead atoms. The van der Waals surface area contributed by atoms with Gasteiger partial charge in [-0.25, -0.2) is 4.79 Å². The number of amides is 2. The first-order valence-electron chi connectivity index (χ1n) is 8.90. The van der Waals surface area contributed by atoms with E-state index in [4.69, 9.17) is 4.84 Å². The largest absolute Gasteiger partial charge is 0.390 e. The summed E-state index contributed by atoms with van der Waals surface area (Å²) in [6.45, 7) is 7.23. The zero-order valence-corrected chi connectivity index (χ0v) is 15.5. The minimum absolute atomic E-state index is 0.0705. The fourth-order valence-electron chi connectivity index (χ4n) is 2.89. The summed E-state index contributed by atoms with van der Waals surface area (Å²) in [6, 6.07) is 9.59. The maximum atomic E-state index is 12.0. The Balaban J connectivity index is 1.46. The van der Waals surface area contributed by atoms with Gasteiger partial charge in [0, 0.05) is 17.8 Å². The van der Waals surface area contributed by atoms with Crippen LogP contribution in [0.25, 0.3) is 0 Å². The number of urea groups is 1. The average molecular weight is 355 g/mol. The van der Waals surface area contributed by atoms with Crippen molar-refractivity contribution in [2.24, 2.45) is 5.16 Å². The van der Waals surface area contributed by atoms with Gasteiger partial charge in [0.1, 0.15) is 6.10 Å². The molecule has 1 unspecified atom stereocenters. The van der Waals surface area contributed by atoms with Gasteiger partial charge in [-0.1, -0.05) is 24.2 Å². The molecule has 0 aliphatic carbocycles. The molecule has 138 valence electrons. The molecule has 1 atom stereocenters. The Bertz CT molecular complexity index is 795. The summed E-state index contributed by atoms with van der Waals surface area (Å²) in [4.78, 5) is 17.3. The Labute approximate surface area is 153 Å². The summed E-state index contributed by atoms with van der Waals surface area (Å²) in [6.07, 6.45) is 1.59. The number of oxime groups is 1. The average Bonchev–Trinajstić information content (AvgIpc) is 3.21. The molecule has 0 radical (unpaired) electrons. The van der Waals surface area contributed by atoms with Crippen LogP contribution in [0, 0.1) is 13.8 Å². The molecule has 1 aromatic heterocycles. The van der Waals surface area contributed by atoms with E-state index in [0.717, 1.165) is 41.2 Å². The van der Waals surface area contributed by atoms with Gasteiger partial charge < -0.3 is 15.5 Å². The van der Waals surface area contributed by atoms with Crippen molar-refractivity contribution < 1.29 is 9.63 Å². The highest BCUT2D eigenvalue weighted by molar-refractivity contribution is 5.89. The number of hydrogen-bond acceptors (Lipinski definition) is 4. The number of rotatable bonds is 6. The van der Waals surface area contributed by atoms with Crippen LogP contribution in [-0.2, 0) is 11.4 Å². The molecule has 3 rings (SSSR count). The molecular formula is C19H25N5O2. The SMILES string of the molecule is CCC1=NOC(CNC(=O)Nc2ccc(Cn3nc(C)cc3C)cc2)C1. The summed E-state index contributed by atoms with van der Waals surface area (Å²) >= 11 is 0. The monoisotopic (exact) mass is 355 g/mol. The molecule has 2 amide bonds. The second-order valence-corrected chi connectivity index (χ2v) is 6.56. The van der Waals surface area contributed by atoms with Gasteiger partial charge in [-0.15, -0.1) is 0 Å².